The van der Waals surface area contributed by atoms with E-state index in [4.69, 9.17) is 14.2 Å². The summed E-state index contributed by atoms with van der Waals surface area (Å²) in [6, 6.07) is 0. The Balaban J connectivity index is 2.04. The quantitative estimate of drug-likeness (QED) is 0.421. The molecule has 0 radical (unpaired) electrons. The highest BCUT2D eigenvalue weighted by atomic mass is 16.9. The van der Waals surface area contributed by atoms with Gasteiger partial charge in [-0.3, -0.25) is 0 Å². The molecule has 2 fully saturated rings. The van der Waals surface area contributed by atoms with Crippen molar-refractivity contribution in [3.63, 3.8) is 0 Å². The first kappa shape index (κ1) is 4.73. The zero-order valence-electron chi connectivity index (χ0n) is 4.72. The maximum Gasteiger partial charge on any atom is 0.220 e. The highest BCUT2D eigenvalue weighted by Crippen LogP contribution is 2.40. The van der Waals surface area contributed by atoms with E-state index in [2.05, 4.69) is 0 Å². The highest BCUT2D eigenvalue weighted by molar-refractivity contribution is 4.85. The van der Waals surface area contributed by atoms with E-state index in [0.717, 1.165) is 0 Å². The summed E-state index contributed by atoms with van der Waals surface area (Å²) in [6.07, 6.45) is -0.0729. The Bertz CT molecular complexity index is 112. The van der Waals surface area contributed by atoms with E-state index in [-0.39, 0.29) is 12.1 Å². The molecule has 3 nitrogen and oxygen atoms in total. The molecule has 0 aliphatic carbocycles. The van der Waals surface area contributed by atoms with Gasteiger partial charge in [0.2, 0.25) is 12.1 Å². The van der Waals surface area contributed by atoms with Crippen LogP contribution >= 0.6 is 0 Å². The zero-order chi connectivity index (χ0) is 5.61. The van der Waals surface area contributed by atoms with Crippen LogP contribution in [-0.2, 0) is 14.2 Å². The molecule has 2 aliphatic rings. The van der Waals surface area contributed by atoms with E-state index in [0.29, 0.717) is 13.2 Å². The van der Waals surface area contributed by atoms with Crippen LogP contribution in [0.2, 0.25) is 0 Å². The molecule has 46 valence electrons. The van der Waals surface area contributed by atoms with Gasteiger partial charge in [-0.1, -0.05) is 0 Å². The summed E-state index contributed by atoms with van der Waals surface area (Å²) in [4.78, 5) is 0. The minimum Gasteiger partial charge on any atom is -0.345 e. The van der Waals surface area contributed by atoms with Crippen LogP contribution < -0.4 is 0 Å². The van der Waals surface area contributed by atoms with Gasteiger partial charge in [-0.15, -0.1) is 0 Å². The molecule has 3 heteroatoms. The molecule has 0 spiro atoms. The van der Waals surface area contributed by atoms with Crippen LogP contribution in [0.1, 0.15) is 6.92 Å². The predicted octanol–water partition coefficient (Wildman–Crippen LogP) is 0.106. The van der Waals surface area contributed by atoms with Crippen molar-refractivity contribution in [2.75, 3.05) is 13.2 Å². The van der Waals surface area contributed by atoms with Crippen LogP contribution in [0.4, 0.5) is 0 Å². The van der Waals surface area contributed by atoms with E-state index in [1.54, 1.807) is 0 Å². The molecule has 0 aromatic heterocycles. The predicted molar refractivity (Wildman–Crippen MR) is 25.2 cm³/mol. The summed E-state index contributed by atoms with van der Waals surface area (Å²) in [6.45, 7) is 3.21. The molecular weight excluding hydrogens is 108 g/mol. The topological polar surface area (TPSA) is 31.0 Å². The number of fused-ring (bicyclic) bond motifs is 1. The molecule has 0 aromatic rings. The maximum atomic E-state index is 5.19. The molecule has 2 heterocycles. The number of hydrogen-bond donors (Lipinski definition) is 0. The van der Waals surface area contributed by atoms with Crippen LogP contribution in [0.3, 0.4) is 0 Å². The molecule has 0 saturated carbocycles. The van der Waals surface area contributed by atoms with Crippen LogP contribution in [0.5, 0.6) is 0 Å². The van der Waals surface area contributed by atoms with Crippen LogP contribution in [0.25, 0.3) is 0 Å². The van der Waals surface area contributed by atoms with Crippen molar-refractivity contribution in [2.24, 2.45) is 0 Å². The molecular formula is C5H8O3. The zero-order valence-corrected chi connectivity index (χ0v) is 4.72. The monoisotopic (exact) mass is 116 g/mol. The Morgan fingerprint density at radius 3 is 2.88 bits per heavy atom. The minimum atomic E-state index is -0.377. The van der Waals surface area contributed by atoms with Crippen LogP contribution in [-0.4, -0.2) is 25.3 Å². The van der Waals surface area contributed by atoms with E-state index < -0.39 is 0 Å². The molecule has 0 aromatic carbocycles. The van der Waals surface area contributed by atoms with Gasteiger partial charge in [-0.05, 0) is 6.92 Å². The highest BCUT2D eigenvalue weighted by Gasteiger charge is 2.57. The van der Waals surface area contributed by atoms with E-state index >= 15 is 0 Å². The third-order valence-corrected chi connectivity index (χ3v) is 1.45. The standard InChI is InChI=1S/C5H8O3/c1-5-4(8-5)6-2-3-7-5/h4H,2-3H2,1H3. The van der Waals surface area contributed by atoms with Gasteiger partial charge in [-0.2, -0.15) is 0 Å². The number of rotatable bonds is 0. The fourth-order valence-electron chi connectivity index (χ4n) is 0.865. The van der Waals surface area contributed by atoms with Crippen molar-refractivity contribution >= 4 is 0 Å². The summed E-state index contributed by atoms with van der Waals surface area (Å²) in [5.41, 5.74) is 0. The largest absolute Gasteiger partial charge is 0.345 e. The fraction of sp³-hybridized carbons (Fsp3) is 1.00. The Kier molecular flexibility index (Phi) is 0.730. The Hall–Kier alpha value is -0.120. The number of epoxide rings is 1. The van der Waals surface area contributed by atoms with Gasteiger partial charge < -0.3 is 14.2 Å². The second kappa shape index (κ2) is 1.23. The molecule has 0 bridgehead atoms. The average Bonchev–Trinajstić information content (AvgIpc) is 2.39. The first-order valence-electron chi connectivity index (χ1n) is 2.75. The summed E-state index contributed by atoms with van der Waals surface area (Å²) in [5.74, 6) is -0.377. The van der Waals surface area contributed by atoms with Crippen LogP contribution in [0, 0.1) is 0 Å². The van der Waals surface area contributed by atoms with Crippen LogP contribution in [0.15, 0.2) is 0 Å². The second-order valence-corrected chi connectivity index (χ2v) is 2.18. The van der Waals surface area contributed by atoms with Gasteiger partial charge in [-0.25, -0.2) is 0 Å². The smallest absolute Gasteiger partial charge is 0.220 e. The first-order chi connectivity index (χ1) is 3.81. The van der Waals surface area contributed by atoms with Crippen molar-refractivity contribution in [2.45, 2.75) is 19.0 Å². The molecule has 2 saturated heterocycles. The summed E-state index contributed by atoms with van der Waals surface area (Å²) < 4.78 is 15.3. The number of hydrogen-bond acceptors (Lipinski definition) is 3. The minimum absolute atomic E-state index is 0.0729. The normalized spacial score (nSPS) is 52.9. The average molecular weight is 116 g/mol. The van der Waals surface area contributed by atoms with E-state index in [1.165, 1.54) is 0 Å². The summed E-state index contributed by atoms with van der Waals surface area (Å²) in [7, 11) is 0. The molecule has 2 rings (SSSR count). The van der Waals surface area contributed by atoms with Crippen molar-refractivity contribution in [1.82, 2.24) is 0 Å². The Morgan fingerprint density at radius 1 is 1.50 bits per heavy atom. The molecule has 2 unspecified atom stereocenters. The molecule has 2 atom stereocenters. The Morgan fingerprint density at radius 2 is 2.38 bits per heavy atom. The van der Waals surface area contributed by atoms with Crippen molar-refractivity contribution < 1.29 is 14.2 Å². The van der Waals surface area contributed by atoms with Gasteiger partial charge >= 0.3 is 0 Å². The lowest BCUT2D eigenvalue weighted by Crippen LogP contribution is -2.25. The van der Waals surface area contributed by atoms with Gasteiger partial charge in [0, 0.05) is 0 Å². The Labute approximate surface area is 47.5 Å². The number of ether oxygens (including phenoxy) is 3. The van der Waals surface area contributed by atoms with Crippen molar-refractivity contribution in [1.29, 1.82) is 0 Å². The van der Waals surface area contributed by atoms with Gasteiger partial charge in [0.25, 0.3) is 0 Å². The second-order valence-electron chi connectivity index (χ2n) is 2.18. The lowest BCUT2D eigenvalue weighted by molar-refractivity contribution is -0.0886. The van der Waals surface area contributed by atoms with Crippen molar-refractivity contribution in [3.8, 4) is 0 Å². The molecule has 0 amide bonds. The van der Waals surface area contributed by atoms with E-state index in [1.807, 2.05) is 6.92 Å². The molecule has 2 aliphatic heterocycles. The fourth-order valence-corrected chi connectivity index (χ4v) is 0.865. The third kappa shape index (κ3) is 0.491. The third-order valence-electron chi connectivity index (χ3n) is 1.45. The SMILES string of the molecule is CC12OCCOC1O2. The molecule has 8 heavy (non-hydrogen) atoms. The lowest BCUT2D eigenvalue weighted by atomic mass is 10.4. The molecule has 0 N–H and O–H groups in total. The maximum absolute atomic E-state index is 5.19. The first-order valence-corrected chi connectivity index (χ1v) is 2.75. The van der Waals surface area contributed by atoms with Gasteiger partial charge in [0.05, 0.1) is 13.2 Å². The van der Waals surface area contributed by atoms with Gasteiger partial charge in [0.15, 0.2) is 0 Å². The lowest BCUT2D eigenvalue weighted by Gasteiger charge is -2.12. The summed E-state index contributed by atoms with van der Waals surface area (Å²) >= 11 is 0. The van der Waals surface area contributed by atoms with Gasteiger partial charge in [0.1, 0.15) is 0 Å². The summed E-state index contributed by atoms with van der Waals surface area (Å²) in [5, 5.41) is 0. The van der Waals surface area contributed by atoms with Crippen molar-refractivity contribution in [3.05, 3.63) is 0 Å². The van der Waals surface area contributed by atoms with E-state index in [9.17, 15) is 0 Å².